The van der Waals surface area contributed by atoms with E-state index >= 15 is 0 Å². The van der Waals surface area contributed by atoms with E-state index in [1.807, 2.05) is 0 Å². The Morgan fingerprint density at radius 1 is 1.22 bits per heavy atom. The first-order valence-electron chi connectivity index (χ1n) is 7.00. The molecule has 5 heteroatoms. The molecule has 2 amide bonds. The molecule has 0 atom stereocenters. The third-order valence-corrected chi connectivity index (χ3v) is 2.91. The predicted octanol–water partition coefficient (Wildman–Crippen LogP) is 1.82. The van der Waals surface area contributed by atoms with Crippen molar-refractivity contribution in [1.29, 1.82) is 0 Å². The van der Waals surface area contributed by atoms with Crippen molar-refractivity contribution in [1.82, 2.24) is 10.6 Å². The molecule has 0 unspecified atom stereocenters. The van der Waals surface area contributed by atoms with E-state index in [1.165, 1.54) is 12.3 Å². The van der Waals surface area contributed by atoms with Crippen LogP contribution in [0.4, 0.5) is 0 Å². The summed E-state index contributed by atoms with van der Waals surface area (Å²) in [6, 6.07) is 10.5. The van der Waals surface area contributed by atoms with Gasteiger partial charge < -0.3 is 15.1 Å². The fourth-order valence-corrected chi connectivity index (χ4v) is 1.80. The number of hydrogen-bond donors (Lipinski definition) is 2. The highest BCUT2D eigenvalue weighted by molar-refractivity contribution is 5.96. The zero-order valence-corrected chi connectivity index (χ0v) is 12.6. The molecule has 0 radical (unpaired) electrons. The summed E-state index contributed by atoms with van der Waals surface area (Å²) in [5.41, 5.74) is 1.12. The largest absolute Gasteiger partial charge is 0.465 e. The maximum atomic E-state index is 11.7. The van der Waals surface area contributed by atoms with Crippen LogP contribution in [0.5, 0.6) is 0 Å². The Bertz CT molecular complexity index is 765. The molecule has 23 heavy (non-hydrogen) atoms. The minimum absolute atomic E-state index is 0.184. The molecule has 1 aromatic carbocycles. The van der Waals surface area contributed by atoms with Gasteiger partial charge in [0.1, 0.15) is 5.76 Å². The summed E-state index contributed by atoms with van der Waals surface area (Å²) in [6.07, 6.45) is 4.48. The Morgan fingerprint density at radius 3 is 2.78 bits per heavy atom. The maximum absolute atomic E-state index is 11.7. The summed E-state index contributed by atoms with van der Waals surface area (Å²) >= 11 is 0. The third kappa shape index (κ3) is 4.90. The van der Waals surface area contributed by atoms with Crippen LogP contribution in [0.25, 0.3) is 6.08 Å². The van der Waals surface area contributed by atoms with Gasteiger partial charge in [-0.15, -0.1) is 0 Å². The van der Waals surface area contributed by atoms with Gasteiger partial charge in [-0.3, -0.25) is 9.59 Å². The molecule has 2 aromatic rings. The minimum Gasteiger partial charge on any atom is -0.465 e. The SMILES string of the molecule is CNC(=O)c1ccccc1C#CCNC(=O)/C=C/c1ccco1. The van der Waals surface area contributed by atoms with Crippen LogP contribution in [0.1, 0.15) is 21.7 Å². The summed E-state index contributed by atoms with van der Waals surface area (Å²) in [4.78, 5) is 23.3. The van der Waals surface area contributed by atoms with Gasteiger partial charge in [0.25, 0.3) is 5.91 Å². The molecule has 2 rings (SSSR count). The van der Waals surface area contributed by atoms with Crippen LogP contribution < -0.4 is 10.6 Å². The summed E-state index contributed by atoms with van der Waals surface area (Å²) in [6.45, 7) is 0.184. The summed E-state index contributed by atoms with van der Waals surface area (Å²) < 4.78 is 5.08. The molecule has 0 spiro atoms. The van der Waals surface area contributed by atoms with E-state index in [4.69, 9.17) is 4.42 Å². The number of furan rings is 1. The molecule has 1 heterocycles. The lowest BCUT2D eigenvalue weighted by molar-refractivity contribution is -0.116. The average Bonchev–Trinajstić information content (AvgIpc) is 3.10. The Morgan fingerprint density at radius 2 is 2.04 bits per heavy atom. The van der Waals surface area contributed by atoms with Crippen LogP contribution in [0, 0.1) is 11.8 Å². The van der Waals surface area contributed by atoms with Gasteiger partial charge in [0.2, 0.25) is 5.91 Å². The van der Waals surface area contributed by atoms with Crippen LogP contribution >= 0.6 is 0 Å². The molecule has 116 valence electrons. The molecule has 0 bridgehead atoms. The number of rotatable bonds is 4. The lowest BCUT2D eigenvalue weighted by atomic mass is 10.1. The van der Waals surface area contributed by atoms with Gasteiger partial charge in [0.05, 0.1) is 18.4 Å². The second-order valence-electron chi connectivity index (χ2n) is 4.49. The van der Waals surface area contributed by atoms with Crippen molar-refractivity contribution >= 4 is 17.9 Å². The normalized spacial score (nSPS) is 9.96. The highest BCUT2D eigenvalue weighted by Gasteiger charge is 2.06. The predicted molar refractivity (Wildman–Crippen MR) is 87.5 cm³/mol. The lowest BCUT2D eigenvalue weighted by Crippen LogP contribution is -2.21. The molecule has 0 aliphatic heterocycles. The molecular weight excluding hydrogens is 292 g/mol. The summed E-state index contributed by atoms with van der Waals surface area (Å²) in [5.74, 6) is 5.85. The molecule has 0 saturated carbocycles. The first-order chi connectivity index (χ1) is 11.2. The molecule has 0 aliphatic rings. The summed E-state index contributed by atoms with van der Waals surface area (Å²) in [7, 11) is 1.57. The van der Waals surface area contributed by atoms with Gasteiger partial charge in [0.15, 0.2) is 0 Å². The Balaban J connectivity index is 1.91. The van der Waals surface area contributed by atoms with Gasteiger partial charge >= 0.3 is 0 Å². The van der Waals surface area contributed by atoms with E-state index in [-0.39, 0.29) is 18.4 Å². The number of amides is 2. The van der Waals surface area contributed by atoms with E-state index in [0.717, 1.165) is 0 Å². The second kappa shape index (κ2) is 8.25. The van der Waals surface area contributed by atoms with Gasteiger partial charge in [0, 0.05) is 18.7 Å². The fraction of sp³-hybridized carbons (Fsp3) is 0.111. The Kier molecular flexibility index (Phi) is 5.78. The van der Waals surface area contributed by atoms with Crippen molar-refractivity contribution in [2.24, 2.45) is 0 Å². The summed E-state index contributed by atoms with van der Waals surface area (Å²) in [5, 5.41) is 5.20. The fourth-order valence-electron chi connectivity index (χ4n) is 1.80. The Hall–Kier alpha value is -3.26. The second-order valence-corrected chi connectivity index (χ2v) is 4.49. The van der Waals surface area contributed by atoms with E-state index < -0.39 is 0 Å². The van der Waals surface area contributed by atoms with Gasteiger partial charge in [-0.25, -0.2) is 0 Å². The molecule has 0 fully saturated rings. The van der Waals surface area contributed by atoms with Gasteiger partial charge in [-0.05, 0) is 30.3 Å². The van der Waals surface area contributed by atoms with Crippen molar-refractivity contribution in [3.63, 3.8) is 0 Å². The number of nitrogens with one attached hydrogen (secondary N) is 2. The van der Waals surface area contributed by atoms with E-state index in [9.17, 15) is 9.59 Å². The molecule has 1 aromatic heterocycles. The number of benzene rings is 1. The van der Waals surface area contributed by atoms with Gasteiger partial charge in [-0.2, -0.15) is 0 Å². The molecule has 2 N–H and O–H groups in total. The van der Waals surface area contributed by atoms with E-state index in [1.54, 1.807) is 49.5 Å². The molecule has 0 aliphatic carbocycles. The molecular formula is C18H16N2O3. The highest BCUT2D eigenvalue weighted by atomic mass is 16.3. The smallest absolute Gasteiger partial charge is 0.252 e. The molecule has 5 nitrogen and oxygen atoms in total. The van der Waals surface area contributed by atoms with Crippen molar-refractivity contribution in [3.05, 3.63) is 65.6 Å². The lowest BCUT2D eigenvalue weighted by Gasteiger charge is -2.02. The van der Waals surface area contributed by atoms with Crippen LogP contribution in [-0.2, 0) is 4.79 Å². The van der Waals surface area contributed by atoms with Crippen LogP contribution in [0.3, 0.4) is 0 Å². The number of hydrogen-bond acceptors (Lipinski definition) is 3. The third-order valence-electron chi connectivity index (χ3n) is 2.91. The minimum atomic E-state index is -0.268. The molecule has 0 saturated heterocycles. The maximum Gasteiger partial charge on any atom is 0.252 e. The zero-order chi connectivity index (χ0) is 16.5. The standard InChI is InChI=1S/C18H16N2O3/c1-19-18(22)16-9-3-2-6-14(16)7-4-12-20-17(21)11-10-15-8-5-13-23-15/h2-3,5-6,8-11,13H,12H2,1H3,(H,19,22)(H,20,21)/b11-10+. The highest BCUT2D eigenvalue weighted by Crippen LogP contribution is 2.06. The van der Waals surface area contributed by atoms with Crippen LogP contribution in [0.2, 0.25) is 0 Å². The van der Waals surface area contributed by atoms with E-state index in [2.05, 4.69) is 22.5 Å². The van der Waals surface area contributed by atoms with Crippen LogP contribution in [0.15, 0.2) is 53.2 Å². The number of carbonyl (C=O) groups is 2. The first kappa shape index (κ1) is 16.1. The Labute approximate surface area is 134 Å². The first-order valence-corrected chi connectivity index (χ1v) is 7.00. The van der Waals surface area contributed by atoms with Gasteiger partial charge in [-0.1, -0.05) is 24.0 Å². The van der Waals surface area contributed by atoms with Crippen molar-refractivity contribution in [2.75, 3.05) is 13.6 Å². The average molecular weight is 308 g/mol. The van der Waals surface area contributed by atoms with Crippen molar-refractivity contribution < 1.29 is 14.0 Å². The van der Waals surface area contributed by atoms with Crippen molar-refractivity contribution in [2.45, 2.75) is 0 Å². The quantitative estimate of drug-likeness (QED) is 0.668. The van der Waals surface area contributed by atoms with Crippen molar-refractivity contribution in [3.8, 4) is 11.8 Å². The number of carbonyl (C=O) groups excluding carboxylic acids is 2. The van der Waals surface area contributed by atoms with Crippen LogP contribution in [-0.4, -0.2) is 25.4 Å². The van der Waals surface area contributed by atoms with E-state index in [0.29, 0.717) is 16.9 Å². The topological polar surface area (TPSA) is 71.3 Å². The zero-order valence-electron chi connectivity index (χ0n) is 12.6. The monoisotopic (exact) mass is 308 g/mol.